The highest BCUT2D eigenvalue weighted by Gasteiger charge is 2.12. The maximum absolute atomic E-state index is 9.79. The fourth-order valence-electron chi connectivity index (χ4n) is 5.41. The number of nitrogens with zero attached hydrogens (tertiary/aromatic N) is 1. The lowest BCUT2D eigenvalue weighted by Gasteiger charge is -2.23. The Balaban J connectivity index is 1.18. The van der Waals surface area contributed by atoms with Crippen LogP contribution >= 0.6 is 0 Å². The summed E-state index contributed by atoms with van der Waals surface area (Å²) in [4.78, 5) is 2.30. The summed E-state index contributed by atoms with van der Waals surface area (Å²) in [5.74, 6) is 1.81. The summed E-state index contributed by atoms with van der Waals surface area (Å²) in [6.07, 6.45) is 4.55. The highest BCUT2D eigenvalue weighted by Crippen LogP contribution is 2.30. The van der Waals surface area contributed by atoms with Crippen LogP contribution in [0.2, 0.25) is 0 Å². The third-order valence-corrected chi connectivity index (χ3v) is 7.51. The van der Waals surface area contributed by atoms with Crippen molar-refractivity contribution in [1.82, 2.24) is 4.90 Å². The maximum atomic E-state index is 9.79. The van der Waals surface area contributed by atoms with Gasteiger partial charge in [-0.1, -0.05) is 78.9 Å². The zero-order valence-electron chi connectivity index (χ0n) is 23.4. The first-order valence-electron chi connectivity index (χ1n) is 14.3. The molecule has 0 unspecified atom stereocenters. The Morgan fingerprint density at radius 2 is 1.45 bits per heavy atom. The Hall–Kier alpha value is -3.86. The van der Waals surface area contributed by atoms with Crippen molar-refractivity contribution in [3.8, 4) is 11.5 Å². The summed E-state index contributed by atoms with van der Waals surface area (Å²) in [6.45, 7) is 2.99. The number of unbranched alkanes of at least 4 members (excludes halogenated alkanes) is 2. The third kappa shape index (κ3) is 7.20. The van der Waals surface area contributed by atoms with Crippen molar-refractivity contribution < 1.29 is 14.6 Å². The van der Waals surface area contributed by atoms with E-state index in [-0.39, 0.29) is 6.61 Å². The topological polar surface area (TPSA) is 41.9 Å². The van der Waals surface area contributed by atoms with E-state index in [0.717, 1.165) is 49.4 Å². The smallest absolute Gasteiger partial charge is 0.126 e. The van der Waals surface area contributed by atoms with E-state index >= 15 is 0 Å². The van der Waals surface area contributed by atoms with Crippen LogP contribution in [0.15, 0.2) is 103 Å². The minimum Gasteiger partial charge on any atom is -0.496 e. The molecule has 40 heavy (non-hydrogen) atoms. The lowest BCUT2D eigenvalue weighted by molar-refractivity contribution is 0.185. The molecule has 0 radical (unpaired) electrons. The second kappa shape index (κ2) is 14.0. The summed E-state index contributed by atoms with van der Waals surface area (Å²) < 4.78 is 11.6. The van der Waals surface area contributed by atoms with Gasteiger partial charge in [-0.3, -0.25) is 4.90 Å². The minimum absolute atomic E-state index is 0.120. The first-order chi connectivity index (χ1) is 19.7. The molecule has 0 spiro atoms. The number of ether oxygens (including phenoxy) is 2. The molecule has 5 rings (SSSR count). The number of methoxy groups -OCH3 is 1. The molecular formula is C36H39NO3. The van der Waals surface area contributed by atoms with Gasteiger partial charge in [-0.2, -0.15) is 0 Å². The quantitative estimate of drug-likeness (QED) is 0.148. The molecular weight excluding hydrogens is 494 g/mol. The molecule has 0 aliphatic heterocycles. The second-order valence-electron chi connectivity index (χ2n) is 10.4. The van der Waals surface area contributed by atoms with Crippen molar-refractivity contribution in [2.75, 3.05) is 26.9 Å². The van der Waals surface area contributed by atoms with E-state index in [1.807, 2.05) is 12.1 Å². The Bertz CT molecular complexity index is 1520. The number of aryl methyl sites for hydroxylation is 1. The van der Waals surface area contributed by atoms with E-state index in [1.54, 1.807) is 7.11 Å². The van der Waals surface area contributed by atoms with Gasteiger partial charge in [-0.15, -0.1) is 0 Å². The van der Waals surface area contributed by atoms with Gasteiger partial charge in [0.2, 0.25) is 0 Å². The molecule has 0 bridgehead atoms. The van der Waals surface area contributed by atoms with Crippen LogP contribution in [0.4, 0.5) is 0 Å². The average Bonchev–Trinajstić information content (AvgIpc) is 2.99. The number of rotatable bonds is 14. The molecule has 0 fully saturated rings. The molecule has 206 valence electrons. The molecule has 1 N–H and O–H groups in total. The molecule has 0 heterocycles. The van der Waals surface area contributed by atoms with Crippen LogP contribution in [0.1, 0.15) is 36.0 Å². The molecule has 5 aromatic carbocycles. The zero-order valence-corrected chi connectivity index (χ0v) is 23.4. The second-order valence-corrected chi connectivity index (χ2v) is 10.4. The van der Waals surface area contributed by atoms with Crippen molar-refractivity contribution >= 4 is 21.5 Å². The van der Waals surface area contributed by atoms with Gasteiger partial charge in [0.05, 0.1) is 20.3 Å². The summed E-state index contributed by atoms with van der Waals surface area (Å²) >= 11 is 0. The monoisotopic (exact) mass is 533 g/mol. The SMILES string of the molecule is COc1ccc(CN(CCO)Cc2ccc3cc(OCCCCCc4ccccc4)ccc3c2)c2ccccc12. The van der Waals surface area contributed by atoms with Crippen molar-refractivity contribution in [2.24, 2.45) is 0 Å². The predicted molar refractivity (Wildman–Crippen MR) is 165 cm³/mol. The van der Waals surface area contributed by atoms with Crippen LogP contribution in [-0.2, 0) is 19.5 Å². The first-order valence-corrected chi connectivity index (χ1v) is 14.3. The minimum atomic E-state index is 0.120. The van der Waals surface area contributed by atoms with E-state index in [1.165, 1.54) is 45.7 Å². The standard InChI is InChI=1S/C36H39NO3/c1-39-36-20-18-32(34-13-7-8-14-35(34)36)27-37(21-22-38)26-29-15-16-31-25-33(19-17-30(31)24-29)40-23-9-3-6-12-28-10-4-2-5-11-28/h2,4-5,7-8,10-11,13-20,24-25,38H,3,6,9,12,21-23,26-27H2,1H3. The van der Waals surface area contributed by atoms with Gasteiger partial charge >= 0.3 is 0 Å². The number of aliphatic hydroxyl groups excluding tert-OH is 1. The van der Waals surface area contributed by atoms with Gasteiger partial charge in [0.25, 0.3) is 0 Å². The van der Waals surface area contributed by atoms with Crippen molar-refractivity contribution in [1.29, 1.82) is 0 Å². The Morgan fingerprint density at radius 3 is 2.27 bits per heavy atom. The van der Waals surface area contributed by atoms with Crippen molar-refractivity contribution in [2.45, 2.75) is 38.8 Å². The Kier molecular flexibility index (Phi) is 9.68. The highest BCUT2D eigenvalue weighted by atomic mass is 16.5. The maximum Gasteiger partial charge on any atom is 0.126 e. The molecule has 0 atom stereocenters. The fourth-order valence-corrected chi connectivity index (χ4v) is 5.41. The van der Waals surface area contributed by atoms with E-state index in [4.69, 9.17) is 9.47 Å². The Labute approximate surface area is 237 Å². The van der Waals surface area contributed by atoms with Crippen LogP contribution < -0.4 is 9.47 Å². The van der Waals surface area contributed by atoms with Gasteiger partial charge in [0, 0.05) is 25.0 Å². The third-order valence-electron chi connectivity index (χ3n) is 7.51. The van der Waals surface area contributed by atoms with Gasteiger partial charge in [-0.25, -0.2) is 0 Å². The van der Waals surface area contributed by atoms with Gasteiger partial charge in [-0.05, 0) is 82.8 Å². The normalized spacial score (nSPS) is 11.4. The summed E-state index contributed by atoms with van der Waals surface area (Å²) in [5.41, 5.74) is 3.87. The molecule has 4 heteroatoms. The van der Waals surface area contributed by atoms with Gasteiger partial charge in [0.1, 0.15) is 11.5 Å². The average molecular weight is 534 g/mol. The Morgan fingerprint density at radius 1 is 0.675 bits per heavy atom. The number of hydrogen-bond acceptors (Lipinski definition) is 4. The largest absolute Gasteiger partial charge is 0.496 e. The van der Waals surface area contributed by atoms with Crippen molar-refractivity contribution in [3.05, 3.63) is 120 Å². The van der Waals surface area contributed by atoms with E-state index < -0.39 is 0 Å². The molecule has 0 amide bonds. The van der Waals surface area contributed by atoms with E-state index in [0.29, 0.717) is 6.54 Å². The number of hydrogen-bond donors (Lipinski definition) is 1. The fraction of sp³-hybridized carbons (Fsp3) is 0.278. The lowest BCUT2D eigenvalue weighted by atomic mass is 10.0. The molecule has 0 aliphatic rings. The summed E-state index contributed by atoms with van der Waals surface area (Å²) in [5, 5.41) is 14.5. The van der Waals surface area contributed by atoms with Gasteiger partial charge in [0.15, 0.2) is 0 Å². The van der Waals surface area contributed by atoms with Gasteiger partial charge < -0.3 is 14.6 Å². The summed E-state index contributed by atoms with van der Waals surface area (Å²) in [7, 11) is 1.71. The lowest BCUT2D eigenvalue weighted by Crippen LogP contribution is -2.26. The van der Waals surface area contributed by atoms with E-state index in [2.05, 4.69) is 95.9 Å². The molecule has 0 aromatic heterocycles. The van der Waals surface area contributed by atoms with Crippen LogP contribution in [0.5, 0.6) is 11.5 Å². The van der Waals surface area contributed by atoms with Crippen LogP contribution in [-0.4, -0.2) is 36.9 Å². The van der Waals surface area contributed by atoms with Crippen LogP contribution in [0.25, 0.3) is 21.5 Å². The molecule has 4 nitrogen and oxygen atoms in total. The zero-order chi connectivity index (χ0) is 27.6. The molecule has 5 aromatic rings. The van der Waals surface area contributed by atoms with E-state index in [9.17, 15) is 5.11 Å². The van der Waals surface area contributed by atoms with Crippen LogP contribution in [0, 0.1) is 0 Å². The summed E-state index contributed by atoms with van der Waals surface area (Å²) in [6, 6.07) is 36.2. The number of fused-ring (bicyclic) bond motifs is 2. The molecule has 0 saturated carbocycles. The number of benzene rings is 5. The predicted octanol–water partition coefficient (Wildman–Crippen LogP) is 7.79. The van der Waals surface area contributed by atoms with Crippen LogP contribution in [0.3, 0.4) is 0 Å². The highest BCUT2D eigenvalue weighted by molar-refractivity contribution is 5.91. The van der Waals surface area contributed by atoms with Crippen molar-refractivity contribution in [3.63, 3.8) is 0 Å². The first kappa shape index (κ1) is 27.7. The molecule has 0 saturated heterocycles. The number of aliphatic hydroxyl groups is 1. The molecule has 0 aliphatic carbocycles.